The zero-order valence-electron chi connectivity index (χ0n) is 16.8. The van der Waals surface area contributed by atoms with E-state index in [4.69, 9.17) is 4.84 Å². The standard InChI is InChI=1S/C24H20N2O5/c27-21(11-12-24(30)31-26-22(28)9-10-23(26)29)25-14-15-5-1-2-6-16(15)18-13-19(18)17-7-3-4-8-20(17)25/h1-8H,9-14H2. The number of amides is 3. The molecule has 2 aromatic carbocycles. The van der Waals surface area contributed by atoms with E-state index >= 15 is 0 Å². The summed E-state index contributed by atoms with van der Waals surface area (Å²) in [6, 6.07) is 15.8. The van der Waals surface area contributed by atoms with E-state index in [2.05, 4.69) is 6.07 Å². The van der Waals surface area contributed by atoms with Crippen molar-refractivity contribution < 1.29 is 24.0 Å². The van der Waals surface area contributed by atoms with E-state index in [0.717, 1.165) is 28.8 Å². The molecule has 1 aliphatic carbocycles. The van der Waals surface area contributed by atoms with Gasteiger partial charge in [-0.05, 0) is 34.8 Å². The van der Waals surface area contributed by atoms with Crippen molar-refractivity contribution in [3.8, 4) is 0 Å². The number of imide groups is 1. The molecule has 0 N–H and O–H groups in total. The van der Waals surface area contributed by atoms with Crippen LogP contribution in [0.5, 0.6) is 0 Å². The molecule has 1 saturated heterocycles. The van der Waals surface area contributed by atoms with E-state index in [1.165, 1.54) is 11.1 Å². The van der Waals surface area contributed by atoms with Gasteiger partial charge in [0, 0.05) is 24.8 Å². The number of anilines is 1. The summed E-state index contributed by atoms with van der Waals surface area (Å²) in [5.41, 5.74) is 6.65. The molecule has 0 saturated carbocycles. The van der Waals surface area contributed by atoms with Crippen molar-refractivity contribution in [2.45, 2.75) is 38.6 Å². The number of fused-ring (bicyclic) bond motifs is 4. The van der Waals surface area contributed by atoms with Crippen molar-refractivity contribution in [1.29, 1.82) is 0 Å². The third kappa shape index (κ3) is 3.52. The highest BCUT2D eigenvalue weighted by Gasteiger charge is 2.35. The first-order chi connectivity index (χ1) is 15.0. The summed E-state index contributed by atoms with van der Waals surface area (Å²) in [7, 11) is 0. The normalized spacial score (nSPS) is 16.9. The number of para-hydroxylation sites is 1. The number of allylic oxidation sites excluding steroid dienone is 2. The lowest BCUT2D eigenvalue weighted by molar-refractivity contribution is -0.197. The SMILES string of the molecule is O=C(CCC(=O)N1Cc2ccccc2C2=C(C2)c2ccccc21)ON1C(=O)CCC1=O. The third-order valence-electron chi connectivity index (χ3n) is 5.83. The van der Waals surface area contributed by atoms with Gasteiger partial charge in [0.1, 0.15) is 0 Å². The zero-order chi connectivity index (χ0) is 21.5. The van der Waals surface area contributed by atoms with Crippen LogP contribution >= 0.6 is 0 Å². The molecule has 0 unspecified atom stereocenters. The minimum atomic E-state index is -0.773. The maximum Gasteiger partial charge on any atom is 0.333 e. The molecule has 3 aliphatic rings. The van der Waals surface area contributed by atoms with Gasteiger partial charge in [0.25, 0.3) is 11.8 Å². The van der Waals surface area contributed by atoms with Crippen molar-refractivity contribution in [2.75, 3.05) is 4.90 Å². The number of hydrogen-bond acceptors (Lipinski definition) is 5. The lowest BCUT2D eigenvalue weighted by Crippen LogP contribution is -2.34. The molecule has 3 amide bonds. The second-order valence-electron chi connectivity index (χ2n) is 7.83. The number of carbonyl (C=O) groups excluding carboxylic acids is 4. The van der Waals surface area contributed by atoms with Crippen molar-refractivity contribution in [1.82, 2.24) is 5.06 Å². The molecule has 1 fully saturated rings. The molecule has 0 aromatic heterocycles. The molecule has 0 radical (unpaired) electrons. The average Bonchev–Trinajstić information content (AvgIpc) is 3.50. The molecule has 5 rings (SSSR count). The van der Waals surface area contributed by atoms with E-state index in [9.17, 15) is 19.2 Å². The molecule has 7 heteroatoms. The fraction of sp³-hybridized carbons (Fsp3) is 0.250. The topological polar surface area (TPSA) is 84.0 Å². The minimum Gasteiger partial charge on any atom is -0.330 e. The molecular weight excluding hydrogens is 396 g/mol. The van der Waals surface area contributed by atoms with Gasteiger partial charge in [-0.3, -0.25) is 14.4 Å². The Morgan fingerprint density at radius 3 is 2.26 bits per heavy atom. The van der Waals surface area contributed by atoms with E-state index in [1.807, 2.05) is 42.5 Å². The molecule has 31 heavy (non-hydrogen) atoms. The molecule has 0 bridgehead atoms. The predicted molar refractivity (Wildman–Crippen MR) is 112 cm³/mol. The molecule has 2 aromatic rings. The van der Waals surface area contributed by atoms with Gasteiger partial charge in [0.15, 0.2) is 0 Å². The number of carbonyl (C=O) groups is 4. The van der Waals surface area contributed by atoms with Crippen LogP contribution in [0.25, 0.3) is 11.1 Å². The quantitative estimate of drug-likeness (QED) is 0.715. The van der Waals surface area contributed by atoms with Gasteiger partial charge >= 0.3 is 5.97 Å². The fourth-order valence-electron chi connectivity index (χ4n) is 4.19. The summed E-state index contributed by atoms with van der Waals surface area (Å²) < 4.78 is 0. The summed E-state index contributed by atoms with van der Waals surface area (Å²) in [5, 5.41) is 0.509. The van der Waals surface area contributed by atoms with Gasteiger partial charge in [-0.1, -0.05) is 42.5 Å². The Labute approximate surface area is 178 Å². The molecule has 0 atom stereocenters. The van der Waals surface area contributed by atoms with E-state index in [-0.39, 0.29) is 31.6 Å². The third-order valence-corrected chi connectivity index (χ3v) is 5.83. The van der Waals surface area contributed by atoms with Crippen molar-refractivity contribution in [3.63, 3.8) is 0 Å². The van der Waals surface area contributed by atoms with Gasteiger partial charge in [0.05, 0.1) is 18.7 Å². The first kappa shape index (κ1) is 19.2. The van der Waals surface area contributed by atoms with Crippen molar-refractivity contribution >= 4 is 40.5 Å². The van der Waals surface area contributed by atoms with Crippen LogP contribution < -0.4 is 4.90 Å². The first-order valence-corrected chi connectivity index (χ1v) is 10.3. The highest BCUT2D eigenvalue weighted by molar-refractivity contribution is 6.13. The Morgan fingerprint density at radius 2 is 1.48 bits per heavy atom. The van der Waals surface area contributed by atoms with Crippen LogP contribution in [0.1, 0.15) is 48.8 Å². The van der Waals surface area contributed by atoms with E-state index in [0.29, 0.717) is 11.6 Å². The second-order valence-corrected chi connectivity index (χ2v) is 7.83. The van der Waals surface area contributed by atoms with Crippen molar-refractivity contribution in [2.24, 2.45) is 0 Å². The monoisotopic (exact) mass is 416 g/mol. The summed E-state index contributed by atoms with van der Waals surface area (Å²) in [6.07, 6.45) is 0.668. The lowest BCUT2D eigenvalue weighted by Gasteiger charge is -2.27. The number of hydrogen-bond donors (Lipinski definition) is 0. The maximum absolute atomic E-state index is 13.2. The van der Waals surface area contributed by atoms with Gasteiger partial charge in [-0.25, -0.2) is 4.79 Å². The van der Waals surface area contributed by atoms with Crippen LogP contribution in [0.3, 0.4) is 0 Å². The van der Waals surface area contributed by atoms with Crippen LogP contribution in [0, 0.1) is 0 Å². The lowest BCUT2D eigenvalue weighted by atomic mass is 10.0. The average molecular weight is 416 g/mol. The van der Waals surface area contributed by atoms with Gasteiger partial charge in [0.2, 0.25) is 5.91 Å². The summed E-state index contributed by atoms with van der Waals surface area (Å²) in [6.45, 7) is 0.404. The molecule has 0 spiro atoms. The second kappa shape index (κ2) is 7.50. The molecule has 2 aliphatic heterocycles. The number of benzene rings is 2. The minimum absolute atomic E-state index is 0.0346. The molecule has 156 valence electrons. The summed E-state index contributed by atoms with van der Waals surface area (Å²) in [4.78, 5) is 55.2. The van der Waals surface area contributed by atoms with Crippen molar-refractivity contribution in [3.05, 3.63) is 65.2 Å². The highest BCUT2D eigenvalue weighted by Crippen LogP contribution is 2.52. The Kier molecular flexibility index (Phi) is 4.66. The van der Waals surface area contributed by atoms with Crippen LogP contribution in [0.4, 0.5) is 5.69 Å². The van der Waals surface area contributed by atoms with Gasteiger partial charge in [-0.15, -0.1) is 5.06 Å². The van der Waals surface area contributed by atoms with E-state index in [1.54, 1.807) is 4.90 Å². The largest absolute Gasteiger partial charge is 0.333 e. The van der Waals surface area contributed by atoms with E-state index < -0.39 is 17.8 Å². The Hall–Kier alpha value is -3.74. The Morgan fingerprint density at radius 1 is 0.839 bits per heavy atom. The first-order valence-electron chi connectivity index (χ1n) is 10.3. The number of nitrogens with zero attached hydrogens (tertiary/aromatic N) is 2. The Balaban J connectivity index is 1.36. The highest BCUT2D eigenvalue weighted by atomic mass is 16.7. The van der Waals surface area contributed by atoms with Gasteiger partial charge in [-0.2, -0.15) is 0 Å². The summed E-state index contributed by atoms with van der Waals surface area (Å²) >= 11 is 0. The zero-order valence-corrected chi connectivity index (χ0v) is 16.8. The van der Waals surface area contributed by atoms with Gasteiger partial charge < -0.3 is 9.74 Å². The fourth-order valence-corrected chi connectivity index (χ4v) is 4.19. The summed E-state index contributed by atoms with van der Waals surface area (Å²) in [5.74, 6) is -2.06. The molecule has 2 heterocycles. The number of rotatable bonds is 4. The van der Waals surface area contributed by atoms with Crippen LogP contribution in [-0.2, 0) is 30.6 Å². The smallest absolute Gasteiger partial charge is 0.330 e. The predicted octanol–water partition coefficient (Wildman–Crippen LogP) is 3.24. The maximum atomic E-state index is 13.2. The molecule has 7 nitrogen and oxygen atoms in total. The Bertz CT molecular complexity index is 1150. The van der Waals surface area contributed by atoms with Crippen LogP contribution in [0.2, 0.25) is 0 Å². The molecular formula is C24H20N2O5. The van der Waals surface area contributed by atoms with Crippen LogP contribution in [-0.4, -0.2) is 28.8 Å². The number of hydroxylamine groups is 2. The van der Waals surface area contributed by atoms with Crippen LogP contribution in [0.15, 0.2) is 48.5 Å².